The number of hydrogen-bond donors (Lipinski definition) is 2. The van der Waals surface area contributed by atoms with Gasteiger partial charge in [0.25, 0.3) is 0 Å². The van der Waals surface area contributed by atoms with Crippen LogP contribution in [0, 0.1) is 5.92 Å². The lowest BCUT2D eigenvalue weighted by atomic mass is 9.87. The van der Waals surface area contributed by atoms with Crippen molar-refractivity contribution in [3.05, 3.63) is 0 Å². The van der Waals surface area contributed by atoms with E-state index in [-0.39, 0.29) is 6.04 Å². The smallest absolute Gasteiger partial charge is 0.389 e. The van der Waals surface area contributed by atoms with Gasteiger partial charge in [-0.3, -0.25) is 4.79 Å². The zero-order chi connectivity index (χ0) is 15.4. The number of carboxylic acids is 1. The van der Waals surface area contributed by atoms with Gasteiger partial charge in [0.15, 0.2) is 0 Å². The van der Waals surface area contributed by atoms with Gasteiger partial charge in [-0.2, -0.15) is 13.2 Å². The van der Waals surface area contributed by atoms with Crippen LogP contribution in [0.1, 0.15) is 38.5 Å². The second kappa shape index (κ2) is 6.75. The number of halogens is 3. The maximum absolute atomic E-state index is 11.9. The van der Waals surface area contributed by atoms with E-state index < -0.39 is 46.7 Å². The Morgan fingerprint density at radius 3 is 2.20 bits per heavy atom. The Labute approximate surface area is 115 Å². The van der Waals surface area contributed by atoms with E-state index in [1.807, 2.05) is 0 Å². The average Bonchev–Trinajstić information content (AvgIpc) is 2.26. The van der Waals surface area contributed by atoms with E-state index >= 15 is 0 Å². The van der Waals surface area contributed by atoms with Crippen molar-refractivity contribution < 1.29 is 31.5 Å². The first-order valence-electron chi connectivity index (χ1n) is 6.38. The van der Waals surface area contributed by atoms with Gasteiger partial charge in [-0.05, 0) is 32.1 Å². The minimum atomic E-state index is -4.35. The van der Waals surface area contributed by atoms with Crippen molar-refractivity contribution in [2.75, 3.05) is 5.75 Å². The summed E-state index contributed by atoms with van der Waals surface area (Å²) in [6.45, 7) is 0. The van der Waals surface area contributed by atoms with Crippen LogP contribution < -0.4 is 4.72 Å². The summed E-state index contributed by atoms with van der Waals surface area (Å²) in [5, 5.41) is 8.80. The third-order valence-corrected chi connectivity index (χ3v) is 4.81. The minimum absolute atomic E-state index is 0.374. The lowest BCUT2D eigenvalue weighted by Crippen LogP contribution is -2.39. The molecule has 1 saturated carbocycles. The Morgan fingerprint density at radius 1 is 1.20 bits per heavy atom. The maximum Gasteiger partial charge on any atom is 0.389 e. The van der Waals surface area contributed by atoms with Crippen molar-refractivity contribution in [3.63, 3.8) is 0 Å². The molecule has 0 spiro atoms. The Morgan fingerprint density at radius 2 is 1.75 bits per heavy atom. The molecule has 0 aliphatic heterocycles. The van der Waals surface area contributed by atoms with E-state index in [4.69, 9.17) is 5.11 Å². The van der Waals surface area contributed by atoms with Gasteiger partial charge in [0.05, 0.1) is 11.7 Å². The molecule has 9 heteroatoms. The van der Waals surface area contributed by atoms with Crippen LogP contribution in [-0.2, 0) is 14.8 Å². The Bertz CT molecular complexity index is 427. The van der Waals surface area contributed by atoms with Gasteiger partial charge in [0.2, 0.25) is 10.0 Å². The molecule has 5 nitrogen and oxygen atoms in total. The lowest BCUT2D eigenvalue weighted by molar-refractivity contribution is -0.142. The molecule has 20 heavy (non-hydrogen) atoms. The zero-order valence-corrected chi connectivity index (χ0v) is 11.6. The molecule has 0 unspecified atom stereocenters. The van der Waals surface area contributed by atoms with Crippen molar-refractivity contribution in [1.82, 2.24) is 4.72 Å². The van der Waals surface area contributed by atoms with Gasteiger partial charge >= 0.3 is 12.1 Å². The largest absolute Gasteiger partial charge is 0.481 e. The Hall–Kier alpha value is -0.830. The van der Waals surface area contributed by atoms with Crippen molar-refractivity contribution in [2.24, 2.45) is 5.92 Å². The predicted molar refractivity (Wildman–Crippen MR) is 65.6 cm³/mol. The SMILES string of the molecule is O=C(O)C1CCC(NS(=O)(=O)CCCC(F)(F)F)CC1. The summed E-state index contributed by atoms with van der Waals surface area (Å²) < 4.78 is 61.4. The van der Waals surface area contributed by atoms with Gasteiger partial charge < -0.3 is 5.11 Å². The number of aliphatic carboxylic acids is 1. The molecule has 0 heterocycles. The molecule has 118 valence electrons. The quantitative estimate of drug-likeness (QED) is 0.783. The Kier molecular flexibility index (Phi) is 5.81. The van der Waals surface area contributed by atoms with Crippen LogP contribution in [0.15, 0.2) is 0 Å². The summed E-state index contributed by atoms with van der Waals surface area (Å²) in [7, 11) is -3.74. The van der Waals surface area contributed by atoms with Crippen molar-refractivity contribution >= 4 is 16.0 Å². The number of carboxylic acid groups (broad SMARTS) is 1. The summed E-state index contributed by atoms with van der Waals surface area (Å²) >= 11 is 0. The minimum Gasteiger partial charge on any atom is -0.481 e. The molecule has 1 aliphatic carbocycles. The fourth-order valence-corrected chi connectivity index (χ4v) is 3.62. The Balaban J connectivity index is 2.35. The highest BCUT2D eigenvalue weighted by atomic mass is 32.2. The molecule has 2 N–H and O–H groups in total. The molecule has 0 saturated heterocycles. The molecule has 0 aromatic carbocycles. The highest BCUT2D eigenvalue weighted by Gasteiger charge is 2.30. The first-order chi connectivity index (χ1) is 9.09. The molecule has 1 rings (SSSR count). The van der Waals surface area contributed by atoms with E-state index in [0.29, 0.717) is 25.7 Å². The van der Waals surface area contributed by atoms with E-state index in [1.54, 1.807) is 0 Å². The number of hydrogen-bond acceptors (Lipinski definition) is 3. The molecular formula is C11H18F3NO4S. The third-order valence-electron chi connectivity index (χ3n) is 3.30. The van der Waals surface area contributed by atoms with Gasteiger partial charge in [-0.1, -0.05) is 0 Å². The van der Waals surface area contributed by atoms with Crippen LogP contribution in [0.2, 0.25) is 0 Å². The van der Waals surface area contributed by atoms with Crippen molar-refractivity contribution in [2.45, 2.75) is 50.7 Å². The van der Waals surface area contributed by atoms with Gasteiger partial charge in [-0.15, -0.1) is 0 Å². The second-order valence-electron chi connectivity index (χ2n) is 5.04. The highest BCUT2D eigenvalue weighted by molar-refractivity contribution is 7.89. The molecule has 1 aliphatic rings. The predicted octanol–water partition coefficient (Wildman–Crippen LogP) is 1.89. The standard InChI is InChI=1S/C11H18F3NO4S/c12-11(13,14)6-1-7-20(18,19)15-9-4-2-8(3-5-9)10(16)17/h8-9,15H,1-7H2,(H,16,17). The van der Waals surface area contributed by atoms with Crippen molar-refractivity contribution in [3.8, 4) is 0 Å². The van der Waals surface area contributed by atoms with Crippen LogP contribution in [0.3, 0.4) is 0 Å². The van der Waals surface area contributed by atoms with E-state index in [2.05, 4.69) is 4.72 Å². The maximum atomic E-state index is 11.9. The van der Waals surface area contributed by atoms with Crippen LogP contribution in [-0.4, -0.2) is 37.5 Å². The third kappa shape index (κ3) is 6.56. The lowest BCUT2D eigenvalue weighted by Gasteiger charge is -2.26. The number of sulfonamides is 1. The summed E-state index contributed by atoms with van der Waals surface area (Å²) in [6.07, 6.45) is -4.39. The average molecular weight is 317 g/mol. The summed E-state index contributed by atoms with van der Waals surface area (Å²) in [6, 6.07) is -0.374. The zero-order valence-electron chi connectivity index (χ0n) is 10.8. The van der Waals surface area contributed by atoms with Gasteiger partial charge in [0, 0.05) is 12.5 Å². The summed E-state index contributed by atoms with van der Waals surface area (Å²) in [5.74, 6) is -1.91. The molecule has 0 aromatic rings. The number of alkyl halides is 3. The second-order valence-corrected chi connectivity index (χ2v) is 6.92. The molecule has 0 atom stereocenters. The summed E-state index contributed by atoms with van der Waals surface area (Å²) in [5.41, 5.74) is 0. The molecule has 0 amide bonds. The topological polar surface area (TPSA) is 83.5 Å². The first-order valence-corrected chi connectivity index (χ1v) is 8.04. The molecule has 0 aromatic heterocycles. The summed E-state index contributed by atoms with van der Waals surface area (Å²) in [4.78, 5) is 10.7. The molecular weight excluding hydrogens is 299 g/mol. The molecule has 1 fully saturated rings. The fourth-order valence-electron chi connectivity index (χ4n) is 2.23. The molecule has 0 radical (unpaired) electrons. The highest BCUT2D eigenvalue weighted by Crippen LogP contribution is 2.25. The van der Waals surface area contributed by atoms with E-state index in [9.17, 15) is 26.4 Å². The van der Waals surface area contributed by atoms with E-state index in [1.165, 1.54) is 0 Å². The van der Waals surface area contributed by atoms with Crippen LogP contribution in [0.5, 0.6) is 0 Å². The van der Waals surface area contributed by atoms with Gasteiger partial charge in [0.1, 0.15) is 0 Å². The fraction of sp³-hybridized carbons (Fsp3) is 0.909. The monoisotopic (exact) mass is 317 g/mol. The first kappa shape index (κ1) is 17.2. The van der Waals surface area contributed by atoms with Crippen LogP contribution in [0.25, 0.3) is 0 Å². The number of rotatable bonds is 6. The van der Waals surface area contributed by atoms with Crippen molar-refractivity contribution in [1.29, 1.82) is 0 Å². The normalized spacial score (nSPS) is 24.6. The van der Waals surface area contributed by atoms with Gasteiger partial charge in [-0.25, -0.2) is 13.1 Å². The van der Waals surface area contributed by atoms with Crippen LogP contribution in [0.4, 0.5) is 13.2 Å². The molecule has 0 bridgehead atoms. The van der Waals surface area contributed by atoms with Crippen LogP contribution >= 0.6 is 0 Å². The van der Waals surface area contributed by atoms with E-state index in [0.717, 1.165) is 0 Å². The number of nitrogens with one attached hydrogen (secondary N) is 1. The number of carbonyl (C=O) groups is 1.